The van der Waals surface area contributed by atoms with E-state index in [1.54, 1.807) is 0 Å². The number of rotatable bonds is 5. The molecule has 0 spiro atoms. The summed E-state index contributed by atoms with van der Waals surface area (Å²) in [5.74, 6) is -4.03. The van der Waals surface area contributed by atoms with Gasteiger partial charge in [0.05, 0.1) is 6.54 Å². The summed E-state index contributed by atoms with van der Waals surface area (Å²) in [6, 6.07) is 8.41. The molecule has 1 heterocycles. The summed E-state index contributed by atoms with van der Waals surface area (Å²) < 4.78 is 40.3. The van der Waals surface area contributed by atoms with E-state index < -0.39 is 34.8 Å². The zero-order valence-electron chi connectivity index (χ0n) is 13.5. The standard InChI is InChI=1S/C17H11F3N4O2S/c18-9-3-1-4-10(7-9)22-16(26)17-24-23-13(27-17)8-21-15(25)14-11(19)5-2-6-12(14)20/h1-7H,8H2,(H,21,25)(H,22,26). The van der Waals surface area contributed by atoms with Gasteiger partial charge in [0.1, 0.15) is 28.0 Å². The number of nitrogens with one attached hydrogen (secondary N) is 2. The average Bonchev–Trinajstić information content (AvgIpc) is 3.09. The highest BCUT2D eigenvalue weighted by Crippen LogP contribution is 2.15. The van der Waals surface area contributed by atoms with Crippen molar-refractivity contribution >= 4 is 28.8 Å². The van der Waals surface area contributed by atoms with Crippen LogP contribution in [0.1, 0.15) is 25.2 Å². The largest absolute Gasteiger partial charge is 0.345 e. The summed E-state index contributed by atoms with van der Waals surface area (Å²) in [5.41, 5.74) is -0.453. The first-order valence-corrected chi connectivity index (χ1v) is 8.37. The van der Waals surface area contributed by atoms with Crippen LogP contribution in [0.3, 0.4) is 0 Å². The molecule has 27 heavy (non-hydrogen) atoms. The van der Waals surface area contributed by atoms with Crippen molar-refractivity contribution in [2.45, 2.75) is 6.54 Å². The van der Waals surface area contributed by atoms with Crippen molar-refractivity contribution in [3.63, 3.8) is 0 Å². The molecule has 2 N–H and O–H groups in total. The fourth-order valence-electron chi connectivity index (χ4n) is 2.13. The lowest BCUT2D eigenvalue weighted by atomic mass is 10.2. The Kier molecular flexibility index (Phi) is 5.46. The van der Waals surface area contributed by atoms with Crippen LogP contribution in [0.4, 0.5) is 18.9 Å². The smallest absolute Gasteiger partial charge is 0.286 e. The van der Waals surface area contributed by atoms with Gasteiger partial charge in [0, 0.05) is 5.69 Å². The molecule has 10 heteroatoms. The van der Waals surface area contributed by atoms with Crippen molar-refractivity contribution < 1.29 is 22.8 Å². The molecule has 3 aromatic rings. The first kappa shape index (κ1) is 18.5. The summed E-state index contributed by atoms with van der Waals surface area (Å²) in [6.45, 7) is -0.169. The molecule has 0 unspecified atom stereocenters. The number of hydrogen-bond acceptors (Lipinski definition) is 5. The summed E-state index contributed by atoms with van der Waals surface area (Å²) in [5, 5.41) is 12.4. The van der Waals surface area contributed by atoms with Crippen LogP contribution in [0, 0.1) is 17.5 Å². The molecular weight excluding hydrogens is 381 g/mol. The first-order chi connectivity index (χ1) is 12.9. The summed E-state index contributed by atoms with van der Waals surface area (Å²) in [6.07, 6.45) is 0. The minimum absolute atomic E-state index is 0.0133. The lowest BCUT2D eigenvalue weighted by Gasteiger charge is -2.05. The van der Waals surface area contributed by atoms with Crippen LogP contribution in [0.5, 0.6) is 0 Å². The quantitative estimate of drug-likeness (QED) is 0.699. The molecule has 0 bridgehead atoms. The van der Waals surface area contributed by atoms with Crippen LogP contribution in [0.15, 0.2) is 42.5 Å². The van der Waals surface area contributed by atoms with Gasteiger partial charge in [-0.2, -0.15) is 0 Å². The monoisotopic (exact) mass is 392 g/mol. The first-order valence-electron chi connectivity index (χ1n) is 7.55. The van der Waals surface area contributed by atoms with Gasteiger partial charge in [-0.05, 0) is 30.3 Å². The van der Waals surface area contributed by atoms with Crippen LogP contribution in [0.25, 0.3) is 0 Å². The lowest BCUT2D eigenvalue weighted by Crippen LogP contribution is -2.25. The molecule has 0 aliphatic carbocycles. The second-order valence-corrected chi connectivity index (χ2v) is 6.31. The number of amides is 2. The second kappa shape index (κ2) is 7.96. The Hall–Kier alpha value is -3.27. The normalized spacial score (nSPS) is 10.5. The number of carbonyl (C=O) groups is 2. The SMILES string of the molecule is O=C(Nc1cccc(F)c1)c1nnc(CNC(=O)c2c(F)cccc2F)s1. The molecule has 0 aliphatic heterocycles. The molecule has 0 radical (unpaired) electrons. The summed E-state index contributed by atoms with van der Waals surface area (Å²) >= 11 is 0.880. The van der Waals surface area contributed by atoms with Gasteiger partial charge < -0.3 is 10.6 Å². The van der Waals surface area contributed by atoms with Gasteiger partial charge in [-0.3, -0.25) is 9.59 Å². The fraction of sp³-hybridized carbons (Fsp3) is 0.0588. The number of anilines is 1. The van der Waals surface area contributed by atoms with Gasteiger partial charge in [0.25, 0.3) is 11.8 Å². The van der Waals surface area contributed by atoms with Crippen molar-refractivity contribution in [1.82, 2.24) is 15.5 Å². The predicted molar refractivity (Wildman–Crippen MR) is 91.8 cm³/mol. The molecule has 0 saturated heterocycles. The molecular formula is C17H11F3N4O2S. The van der Waals surface area contributed by atoms with Crippen LogP contribution < -0.4 is 10.6 Å². The topological polar surface area (TPSA) is 84.0 Å². The molecule has 0 saturated carbocycles. The molecule has 2 aromatic carbocycles. The Labute approximate surface area is 155 Å². The van der Waals surface area contributed by atoms with E-state index in [-0.39, 0.29) is 22.2 Å². The van der Waals surface area contributed by atoms with Gasteiger partial charge >= 0.3 is 0 Å². The van der Waals surface area contributed by atoms with Gasteiger partial charge in [-0.15, -0.1) is 10.2 Å². The number of halogens is 3. The van der Waals surface area contributed by atoms with E-state index in [0.29, 0.717) is 0 Å². The Bertz CT molecular complexity index is 989. The molecule has 2 amide bonds. The van der Waals surface area contributed by atoms with E-state index in [4.69, 9.17) is 0 Å². The third-order valence-electron chi connectivity index (χ3n) is 3.33. The Morgan fingerprint density at radius 2 is 1.67 bits per heavy atom. The highest BCUT2D eigenvalue weighted by molar-refractivity contribution is 7.13. The van der Waals surface area contributed by atoms with E-state index >= 15 is 0 Å². The molecule has 3 rings (SSSR count). The fourth-order valence-corrected chi connectivity index (χ4v) is 2.80. The van der Waals surface area contributed by atoms with E-state index in [1.165, 1.54) is 18.2 Å². The lowest BCUT2D eigenvalue weighted by molar-refractivity contribution is 0.0941. The third kappa shape index (κ3) is 4.47. The average molecular weight is 392 g/mol. The minimum atomic E-state index is -0.986. The van der Waals surface area contributed by atoms with Crippen LogP contribution in [-0.4, -0.2) is 22.0 Å². The summed E-state index contributed by atoms with van der Waals surface area (Å²) in [4.78, 5) is 24.0. The number of nitrogens with zero attached hydrogens (tertiary/aromatic N) is 2. The maximum absolute atomic E-state index is 13.6. The maximum atomic E-state index is 13.6. The maximum Gasteiger partial charge on any atom is 0.286 e. The molecule has 6 nitrogen and oxygen atoms in total. The van der Waals surface area contributed by atoms with Crippen molar-refractivity contribution in [3.05, 3.63) is 75.5 Å². The highest BCUT2D eigenvalue weighted by atomic mass is 32.1. The molecule has 0 aliphatic rings. The van der Waals surface area contributed by atoms with Gasteiger partial charge in [-0.25, -0.2) is 13.2 Å². The highest BCUT2D eigenvalue weighted by Gasteiger charge is 2.18. The second-order valence-electron chi connectivity index (χ2n) is 5.24. The molecule has 1 aromatic heterocycles. The predicted octanol–water partition coefficient (Wildman–Crippen LogP) is 3.14. The van der Waals surface area contributed by atoms with E-state index in [2.05, 4.69) is 20.8 Å². The zero-order chi connectivity index (χ0) is 19.4. The molecule has 138 valence electrons. The zero-order valence-corrected chi connectivity index (χ0v) is 14.3. The number of carbonyl (C=O) groups excluding carboxylic acids is 2. The van der Waals surface area contributed by atoms with E-state index in [0.717, 1.165) is 35.6 Å². The summed E-state index contributed by atoms with van der Waals surface area (Å²) in [7, 11) is 0. The van der Waals surface area contributed by atoms with Crippen molar-refractivity contribution in [2.75, 3.05) is 5.32 Å². The number of aromatic nitrogens is 2. The van der Waals surface area contributed by atoms with Gasteiger partial charge in [-0.1, -0.05) is 23.5 Å². The van der Waals surface area contributed by atoms with Crippen molar-refractivity contribution in [2.24, 2.45) is 0 Å². The van der Waals surface area contributed by atoms with Crippen LogP contribution in [-0.2, 0) is 6.54 Å². The van der Waals surface area contributed by atoms with Gasteiger partial charge in [0.15, 0.2) is 0 Å². The van der Waals surface area contributed by atoms with Crippen LogP contribution >= 0.6 is 11.3 Å². The van der Waals surface area contributed by atoms with Crippen molar-refractivity contribution in [3.8, 4) is 0 Å². The number of hydrogen-bond donors (Lipinski definition) is 2. The van der Waals surface area contributed by atoms with Crippen molar-refractivity contribution in [1.29, 1.82) is 0 Å². The van der Waals surface area contributed by atoms with E-state index in [1.807, 2.05) is 0 Å². The minimum Gasteiger partial charge on any atom is -0.345 e. The molecule has 0 fully saturated rings. The van der Waals surface area contributed by atoms with E-state index in [9.17, 15) is 22.8 Å². The molecule has 0 atom stereocenters. The van der Waals surface area contributed by atoms with Crippen LogP contribution in [0.2, 0.25) is 0 Å². The van der Waals surface area contributed by atoms with Gasteiger partial charge in [0.2, 0.25) is 5.01 Å². The Balaban J connectivity index is 1.62. The Morgan fingerprint density at radius 3 is 2.37 bits per heavy atom. The Morgan fingerprint density at radius 1 is 0.963 bits per heavy atom. The number of benzene rings is 2. The third-order valence-corrected chi connectivity index (χ3v) is 4.26.